The van der Waals surface area contributed by atoms with Crippen LogP contribution in [0.2, 0.25) is 0 Å². The van der Waals surface area contributed by atoms with Crippen molar-refractivity contribution in [3.63, 3.8) is 0 Å². The summed E-state index contributed by atoms with van der Waals surface area (Å²) in [4.78, 5) is 56.2. The molecule has 1 fully saturated rings. The van der Waals surface area contributed by atoms with Crippen LogP contribution in [0.15, 0.2) is 34.3 Å². The summed E-state index contributed by atoms with van der Waals surface area (Å²) in [6.45, 7) is 2.81. The highest BCUT2D eigenvalue weighted by atomic mass is 32.2. The predicted molar refractivity (Wildman–Crippen MR) is 108 cm³/mol. The van der Waals surface area contributed by atoms with Crippen molar-refractivity contribution in [1.29, 1.82) is 0 Å². The summed E-state index contributed by atoms with van der Waals surface area (Å²) in [5.74, 6) is -4.26. The Morgan fingerprint density at radius 1 is 1.43 bits per heavy atom. The normalized spacial score (nSPS) is 23.3. The molecule has 158 valence electrons. The number of anilines is 1. The summed E-state index contributed by atoms with van der Waals surface area (Å²) in [6.07, 6.45) is 1.42. The number of thiazole rings is 1. The lowest BCUT2D eigenvalue weighted by atomic mass is 9.71. The van der Waals surface area contributed by atoms with Crippen molar-refractivity contribution in [2.75, 3.05) is 18.1 Å². The third kappa shape index (κ3) is 4.07. The first-order valence-corrected chi connectivity index (χ1v) is 10.4. The molecule has 2 aliphatic rings. The Labute approximate surface area is 177 Å². The number of oxime groups is 1. The second-order valence-corrected chi connectivity index (χ2v) is 8.29. The Balaban J connectivity index is 1.79. The van der Waals surface area contributed by atoms with Gasteiger partial charge in [-0.3, -0.25) is 9.59 Å². The molecule has 30 heavy (non-hydrogen) atoms. The van der Waals surface area contributed by atoms with Gasteiger partial charge in [0.15, 0.2) is 16.6 Å². The molecule has 3 atom stereocenters. The fraction of sp³-hybridized carbons (Fsp3) is 0.294. The highest BCUT2D eigenvalue weighted by Gasteiger charge is 2.56. The number of nitrogens with zero attached hydrogens (tertiary/aromatic N) is 2. The van der Waals surface area contributed by atoms with E-state index >= 15 is 0 Å². The molecule has 0 spiro atoms. The van der Waals surface area contributed by atoms with Crippen LogP contribution in [0, 0.1) is 5.92 Å². The van der Waals surface area contributed by atoms with E-state index in [-0.39, 0.29) is 22.1 Å². The number of nitrogen functional groups attached to an aromatic ring is 1. The molecule has 1 unspecified atom stereocenters. The van der Waals surface area contributed by atoms with Crippen LogP contribution < -0.4 is 11.1 Å². The molecule has 1 aliphatic heterocycles. The first kappa shape index (κ1) is 21.5. The van der Waals surface area contributed by atoms with Crippen molar-refractivity contribution in [2.45, 2.75) is 11.3 Å². The molecule has 1 amide bonds. The van der Waals surface area contributed by atoms with Crippen LogP contribution in [0.25, 0.3) is 0 Å². The van der Waals surface area contributed by atoms with E-state index in [4.69, 9.17) is 10.8 Å². The number of nitrogens with two attached hydrogens (primary N) is 1. The number of thioether (sulfide) groups is 1. The number of hydrogen-bond acceptors (Lipinski definition) is 10. The molecule has 1 aliphatic carbocycles. The Hall–Kier alpha value is -3.19. The van der Waals surface area contributed by atoms with Gasteiger partial charge in [0.05, 0.1) is 11.5 Å². The Morgan fingerprint density at radius 3 is 2.73 bits per heavy atom. The number of amides is 1. The lowest BCUT2D eigenvalue weighted by Gasteiger charge is -2.45. The average molecular weight is 452 g/mol. The van der Waals surface area contributed by atoms with E-state index in [2.05, 4.69) is 26.9 Å². The van der Waals surface area contributed by atoms with Gasteiger partial charge in [0, 0.05) is 16.4 Å². The SMILES string of the molecule is C=CC1=C(C(=O)O)C2C(=O)[C@@H](NC(=O)/C(=N\OCC(=O)O)c3csc(N)n3)[C@H]2SC1. The van der Waals surface area contributed by atoms with E-state index < -0.39 is 47.4 Å². The second kappa shape index (κ2) is 8.67. The van der Waals surface area contributed by atoms with Crippen molar-refractivity contribution in [3.05, 3.63) is 34.9 Å². The largest absolute Gasteiger partial charge is 0.479 e. The molecule has 13 heteroatoms. The molecule has 2 heterocycles. The van der Waals surface area contributed by atoms with Gasteiger partial charge in [0.1, 0.15) is 11.7 Å². The Bertz CT molecular complexity index is 1000. The fourth-order valence-electron chi connectivity index (χ4n) is 3.11. The van der Waals surface area contributed by atoms with Crippen molar-refractivity contribution < 1.29 is 34.2 Å². The van der Waals surface area contributed by atoms with Crippen LogP contribution in [0.1, 0.15) is 5.69 Å². The van der Waals surface area contributed by atoms with Crippen LogP contribution in [0.5, 0.6) is 0 Å². The first-order valence-electron chi connectivity index (χ1n) is 8.42. The smallest absolute Gasteiger partial charge is 0.344 e. The molecule has 11 nitrogen and oxygen atoms in total. The highest BCUT2D eigenvalue weighted by Crippen LogP contribution is 2.45. The van der Waals surface area contributed by atoms with Gasteiger partial charge in [-0.15, -0.1) is 11.3 Å². The third-order valence-electron chi connectivity index (χ3n) is 4.45. The molecule has 1 aromatic rings. The third-order valence-corrected chi connectivity index (χ3v) is 6.53. The van der Waals surface area contributed by atoms with E-state index in [1.54, 1.807) is 0 Å². The van der Waals surface area contributed by atoms with Gasteiger partial charge in [0.2, 0.25) is 6.61 Å². The molecule has 0 aromatic carbocycles. The van der Waals surface area contributed by atoms with Gasteiger partial charge >= 0.3 is 11.9 Å². The number of rotatable bonds is 8. The summed E-state index contributed by atoms with van der Waals surface area (Å²) >= 11 is 2.38. The first-order chi connectivity index (χ1) is 14.2. The Morgan fingerprint density at radius 2 is 2.17 bits per heavy atom. The number of carbonyl (C=O) groups is 4. The van der Waals surface area contributed by atoms with Crippen LogP contribution in [-0.4, -0.2) is 68.2 Å². The van der Waals surface area contributed by atoms with Crippen LogP contribution in [0.4, 0.5) is 5.13 Å². The van der Waals surface area contributed by atoms with Crippen LogP contribution >= 0.6 is 23.1 Å². The lowest BCUT2D eigenvalue weighted by molar-refractivity contribution is -0.142. The summed E-state index contributed by atoms with van der Waals surface area (Å²) in [6, 6.07) is -0.936. The number of carboxylic acid groups (broad SMARTS) is 2. The number of aliphatic carboxylic acids is 2. The molecule has 1 saturated carbocycles. The minimum absolute atomic E-state index is 0.00444. The van der Waals surface area contributed by atoms with Crippen molar-refractivity contribution >= 4 is 57.6 Å². The predicted octanol–water partition coefficient (Wildman–Crippen LogP) is -0.103. The van der Waals surface area contributed by atoms with E-state index in [1.165, 1.54) is 23.2 Å². The minimum atomic E-state index is -1.29. The minimum Gasteiger partial charge on any atom is -0.479 e. The molecule has 1 aromatic heterocycles. The monoisotopic (exact) mass is 452 g/mol. The number of allylic oxidation sites excluding steroid dienone is 1. The number of ketones is 1. The standard InChI is InChI=1S/C17H16N4O7S2/c1-2-6-4-29-14-10(9(6)16(26)27)13(24)12(14)20-15(25)11(21-28-3-8(22)23)7-5-30-17(18)19-7/h2,5,10,12,14H,1,3-4H2,(H2,18,19)(H,20,25)(H,22,23)(H,26,27)/b21-11-/t10?,12-,14+/m1/s1. The van der Waals surface area contributed by atoms with Gasteiger partial charge in [0.25, 0.3) is 5.91 Å². The summed E-state index contributed by atoms with van der Waals surface area (Å²) < 4.78 is 0. The Kier molecular flexibility index (Phi) is 6.22. The van der Waals surface area contributed by atoms with E-state index in [0.717, 1.165) is 11.3 Å². The molecular formula is C17H16N4O7S2. The van der Waals surface area contributed by atoms with Crippen molar-refractivity contribution in [2.24, 2.45) is 11.1 Å². The maximum atomic E-state index is 12.7. The van der Waals surface area contributed by atoms with Crippen molar-refractivity contribution in [1.82, 2.24) is 10.3 Å². The highest BCUT2D eigenvalue weighted by molar-refractivity contribution is 8.00. The molecule has 0 radical (unpaired) electrons. The van der Waals surface area contributed by atoms with Gasteiger partial charge in [-0.1, -0.05) is 17.8 Å². The van der Waals surface area contributed by atoms with Gasteiger partial charge in [-0.2, -0.15) is 11.8 Å². The fourth-order valence-corrected chi connectivity index (χ4v) is 5.16. The molecular weight excluding hydrogens is 436 g/mol. The van der Waals surface area contributed by atoms with E-state index in [9.17, 15) is 24.3 Å². The van der Waals surface area contributed by atoms with Gasteiger partial charge < -0.3 is 26.1 Å². The molecule has 0 saturated heterocycles. The van der Waals surface area contributed by atoms with Gasteiger partial charge in [-0.25, -0.2) is 14.6 Å². The number of carboxylic acids is 2. The number of fused-ring (bicyclic) bond motifs is 1. The number of nitrogens with one attached hydrogen (secondary N) is 1. The lowest BCUT2D eigenvalue weighted by Crippen LogP contribution is -2.65. The average Bonchev–Trinajstić information content (AvgIpc) is 3.13. The summed E-state index contributed by atoms with van der Waals surface area (Å²) in [5, 5.41) is 25.3. The van der Waals surface area contributed by atoms with E-state index in [1.807, 2.05) is 0 Å². The van der Waals surface area contributed by atoms with Gasteiger partial charge in [-0.05, 0) is 5.57 Å². The summed E-state index contributed by atoms with van der Waals surface area (Å²) in [7, 11) is 0. The zero-order valence-corrected chi connectivity index (χ0v) is 16.9. The maximum Gasteiger partial charge on any atom is 0.344 e. The van der Waals surface area contributed by atoms with Crippen LogP contribution in [0.3, 0.4) is 0 Å². The maximum absolute atomic E-state index is 12.7. The van der Waals surface area contributed by atoms with Crippen LogP contribution in [-0.2, 0) is 24.0 Å². The topological polar surface area (TPSA) is 181 Å². The second-order valence-electron chi connectivity index (χ2n) is 6.23. The number of carbonyl (C=O) groups excluding carboxylic acids is 2. The number of Topliss-reactive ketones (excluding diaryl/α,β-unsaturated/α-hetero) is 1. The van der Waals surface area contributed by atoms with Crippen molar-refractivity contribution in [3.8, 4) is 0 Å². The molecule has 3 rings (SSSR count). The zero-order chi connectivity index (χ0) is 22.0. The quantitative estimate of drug-likeness (QED) is 0.307. The zero-order valence-electron chi connectivity index (χ0n) is 15.2. The summed E-state index contributed by atoms with van der Waals surface area (Å²) in [5.41, 5.74) is 5.76. The number of hydrogen-bond donors (Lipinski definition) is 4. The van der Waals surface area contributed by atoms with E-state index in [0.29, 0.717) is 11.3 Å². The number of aromatic nitrogens is 1. The molecule has 5 N–H and O–H groups in total. The molecule has 0 bridgehead atoms.